The van der Waals surface area contributed by atoms with E-state index in [1.165, 1.54) is 0 Å². The zero-order valence-electron chi connectivity index (χ0n) is 13.2. The molecule has 0 bridgehead atoms. The molecule has 1 amide bonds. The molecular weight excluding hydrogens is 306 g/mol. The Morgan fingerprint density at radius 3 is 2.67 bits per heavy atom. The first kappa shape index (κ1) is 15.8. The van der Waals surface area contributed by atoms with Crippen molar-refractivity contribution in [3.63, 3.8) is 0 Å². The molecule has 0 aliphatic carbocycles. The van der Waals surface area contributed by atoms with Gasteiger partial charge >= 0.3 is 5.97 Å². The minimum Gasteiger partial charge on any atom is -0.488 e. The van der Waals surface area contributed by atoms with Gasteiger partial charge in [-0.1, -0.05) is 35.9 Å². The summed E-state index contributed by atoms with van der Waals surface area (Å²) in [6.07, 6.45) is 1.72. The molecule has 0 aromatic heterocycles. The van der Waals surface area contributed by atoms with Crippen LogP contribution in [-0.2, 0) is 14.3 Å². The molecule has 3 rings (SSSR count). The van der Waals surface area contributed by atoms with Crippen LogP contribution >= 0.6 is 0 Å². The number of rotatable bonds is 4. The second-order valence-corrected chi connectivity index (χ2v) is 5.49. The summed E-state index contributed by atoms with van der Waals surface area (Å²) in [5, 5.41) is 2.68. The summed E-state index contributed by atoms with van der Waals surface area (Å²) >= 11 is 0. The van der Waals surface area contributed by atoms with Crippen molar-refractivity contribution in [1.82, 2.24) is 0 Å². The Bertz CT molecular complexity index is 793. The second kappa shape index (κ2) is 7.00. The minimum atomic E-state index is -0.552. The molecule has 0 radical (unpaired) electrons. The molecule has 5 nitrogen and oxygen atoms in total. The van der Waals surface area contributed by atoms with Gasteiger partial charge in [0.2, 0.25) is 0 Å². The van der Waals surface area contributed by atoms with Crippen molar-refractivity contribution in [2.75, 3.05) is 18.5 Å². The van der Waals surface area contributed by atoms with E-state index in [4.69, 9.17) is 9.47 Å². The molecule has 0 atom stereocenters. The average molecular weight is 323 g/mol. The minimum absolute atomic E-state index is 0.134. The summed E-state index contributed by atoms with van der Waals surface area (Å²) in [7, 11) is 0. The molecule has 0 fully saturated rings. The van der Waals surface area contributed by atoms with Crippen LogP contribution in [0.1, 0.15) is 11.1 Å². The van der Waals surface area contributed by atoms with E-state index in [9.17, 15) is 9.59 Å². The summed E-state index contributed by atoms with van der Waals surface area (Å²) in [5.74, 6) is -0.209. The van der Waals surface area contributed by atoms with Crippen LogP contribution in [0.3, 0.4) is 0 Å². The lowest BCUT2D eigenvalue weighted by Gasteiger charge is -2.16. The zero-order valence-corrected chi connectivity index (χ0v) is 13.2. The molecular formula is C19H17NO4. The van der Waals surface area contributed by atoms with Crippen LogP contribution in [0.5, 0.6) is 5.75 Å². The van der Waals surface area contributed by atoms with E-state index < -0.39 is 5.97 Å². The Hall–Kier alpha value is -3.08. The number of esters is 1. The van der Waals surface area contributed by atoms with Crippen molar-refractivity contribution in [1.29, 1.82) is 0 Å². The van der Waals surface area contributed by atoms with Crippen LogP contribution in [0.2, 0.25) is 0 Å². The average Bonchev–Trinajstić information content (AvgIpc) is 2.61. The van der Waals surface area contributed by atoms with Gasteiger partial charge in [0.1, 0.15) is 12.4 Å². The lowest BCUT2D eigenvalue weighted by atomic mass is 10.1. The molecule has 0 saturated carbocycles. The van der Waals surface area contributed by atoms with Gasteiger partial charge in [-0.3, -0.25) is 4.79 Å². The first-order chi connectivity index (χ1) is 11.6. The summed E-state index contributed by atoms with van der Waals surface area (Å²) in [5.41, 5.74) is 2.97. The molecule has 0 unspecified atom stereocenters. The van der Waals surface area contributed by atoms with Gasteiger partial charge in [-0.2, -0.15) is 0 Å². The Balaban J connectivity index is 1.55. The van der Waals surface area contributed by atoms with Crippen molar-refractivity contribution in [2.24, 2.45) is 0 Å². The number of para-hydroxylation sites is 1. The van der Waals surface area contributed by atoms with Crippen molar-refractivity contribution >= 4 is 23.6 Å². The molecule has 2 aromatic carbocycles. The number of benzene rings is 2. The standard InChI is InChI=1S/C19H17NO4/c1-13-6-8-16(9-7-13)20-18(21)12-24-19(22)15-10-14-4-2-3-5-17(14)23-11-15/h2-10H,11-12H2,1H3,(H,20,21). The van der Waals surface area contributed by atoms with Gasteiger partial charge in [0, 0.05) is 11.3 Å². The highest BCUT2D eigenvalue weighted by Crippen LogP contribution is 2.26. The Morgan fingerprint density at radius 1 is 1.12 bits per heavy atom. The Kier molecular flexibility index (Phi) is 4.61. The van der Waals surface area contributed by atoms with Crippen molar-refractivity contribution in [2.45, 2.75) is 6.92 Å². The van der Waals surface area contributed by atoms with E-state index in [0.29, 0.717) is 11.3 Å². The highest BCUT2D eigenvalue weighted by atomic mass is 16.5. The number of nitrogens with one attached hydrogen (secondary N) is 1. The van der Waals surface area contributed by atoms with E-state index >= 15 is 0 Å². The molecule has 2 aromatic rings. The fraction of sp³-hybridized carbons (Fsp3) is 0.158. The normalized spacial score (nSPS) is 12.5. The van der Waals surface area contributed by atoms with Gasteiger partial charge < -0.3 is 14.8 Å². The molecule has 1 aliphatic heterocycles. The predicted molar refractivity (Wildman–Crippen MR) is 90.7 cm³/mol. The third kappa shape index (κ3) is 3.81. The number of fused-ring (bicyclic) bond motifs is 1. The fourth-order valence-electron chi connectivity index (χ4n) is 2.29. The molecule has 24 heavy (non-hydrogen) atoms. The molecule has 0 spiro atoms. The maximum Gasteiger partial charge on any atom is 0.338 e. The van der Waals surface area contributed by atoms with Crippen LogP contribution in [0.15, 0.2) is 54.1 Å². The Labute approximate surface area is 139 Å². The van der Waals surface area contributed by atoms with E-state index in [-0.39, 0.29) is 19.1 Å². The second-order valence-electron chi connectivity index (χ2n) is 5.49. The first-order valence-corrected chi connectivity index (χ1v) is 7.58. The molecule has 1 N–H and O–H groups in total. The first-order valence-electron chi connectivity index (χ1n) is 7.58. The number of hydrogen-bond acceptors (Lipinski definition) is 4. The van der Waals surface area contributed by atoms with Crippen LogP contribution < -0.4 is 10.1 Å². The van der Waals surface area contributed by atoms with Crippen LogP contribution in [0.25, 0.3) is 6.08 Å². The highest BCUT2D eigenvalue weighted by Gasteiger charge is 2.19. The van der Waals surface area contributed by atoms with Gasteiger partial charge in [0.05, 0.1) is 5.57 Å². The number of amides is 1. The third-order valence-corrected chi connectivity index (χ3v) is 3.56. The maximum absolute atomic E-state index is 12.1. The monoisotopic (exact) mass is 323 g/mol. The quantitative estimate of drug-likeness (QED) is 0.879. The molecule has 122 valence electrons. The van der Waals surface area contributed by atoms with Gasteiger partial charge in [0.15, 0.2) is 6.61 Å². The molecule has 1 heterocycles. The lowest BCUT2D eigenvalue weighted by Crippen LogP contribution is -2.23. The zero-order chi connectivity index (χ0) is 16.9. The van der Waals surface area contributed by atoms with Crippen LogP contribution in [0, 0.1) is 6.92 Å². The topological polar surface area (TPSA) is 64.6 Å². The predicted octanol–water partition coefficient (Wildman–Crippen LogP) is 2.95. The largest absolute Gasteiger partial charge is 0.488 e. The van der Waals surface area contributed by atoms with E-state index in [1.54, 1.807) is 18.2 Å². The molecule has 1 aliphatic rings. The third-order valence-electron chi connectivity index (χ3n) is 3.56. The lowest BCUT2D eigenvalue weighted by molar-refractivity contribution is -0.143. The van der Waals surface area contributed by atoms with Gasteiger partial charge in [-0.05, 0) is 31.2 Å². The van der Waals surface area contributed by atoms with E-state index in [1.807, 2.05) is 43.3 Å². The van der Waals surface area contributed by atoms with Gasteiger partial charge in [-0.25, -0.2) is 4.79 Å². The van der Waals surface area contributed by atoms with Gasteiger partial charge in [0.25, 0.3) is 5.91 Å². The fourth-order valence-corrected chi connectivity index (χ4v) is 2.29. The maximum atomic E-state index is 12.1. The number of hydrogen-bond donors (Lipinski definition) is 1. The summed E-state index contributed by atoms with van der Waals surface area (Å²) in [6.45, 7) is 1.76. The number of ether oxygens (including phenoxy) is 2. The van der Waals surface area contributed by atoms with Gasteiger partial charge in [-0.15, -0.1) is 0 Å². The number of carbonyl (C=O) groups excluding carboxylic acids is 2. The van der Waals surface area contributed by atoms with Crippen molar-refractivity contribution < 1.29 is 19.1 Å². The van der Waals surface area contributed by atoms with Crippen LogP contribution in [0.4, 0.5) is 5.69 Å². The van der Waals surface area contributed by atoms with Crippen LogP contribution in [-0.4, -0.2) is 25.1 Å². The van der Waals surface area contributed by atoms with Crippen molar-refractivity contribution in [3.05, 3.63) is 65.2 Å². The number of aryl methyl sites for hydroxylation is 1. The Morgan fingerprint density at radius 2 is 1.88 bits per heavy atom. The smallest absolute Gasteiger partial charge is 0.338 e. The van der Waals surface area contributed by atoms with Crippen molar-refractivity contribution in [3.8, 4) is 5.75 Å². The molecule has 0 saturated heterocycles. The molecule has 5 heteroatoms. The summed E-state index contributed by atoms with van der Waals surface area (Å²) < 4.78 is 10.6. The van der Waals surface area contributed by atoms with E-state index in [0.717, 1.165) is 16.9 Å². The summed E-state index contributed by atoms with van der Waals surface area (Å²) in [6, 6.07) is 14.8. The highest BCUT2D eigenvalue weighted by molar-refractivity contribution is 5.98. The number of anilines is 1. The SMILES string of the molecule is Cc1ccc(NC(=O)COC(=O)C2=Cc3ccccc3OC2)cc1. The summed E-state index contributed by atoms with van der Waals surface area (Å²) in [4.78, 5) is 23.9. The number of carbonyl (C=O) groups is 2. The van der Waals surface area contributed by atoms with E-state index in [2.05, 4.69) is 5.32 Å².